The fourth-order valence-corrected chi connectivity index (χ4v) is 4.07. The maximum atomic E-state index is 4.73. The summed E-state index contributed by atoms with van der Waals surface area (Å²) in [6, 6.07) is 13.0. The van der Waals surface area contributed by atoms with Gasteiger partial charge in [0.05, 0.1) is 5.69 Å². The first-order valence-corrected chi connectivity index (χ1v) is 9.33. The largest absolute Gasteiger partial charge is 0.298 e. The molecule has 1 aromatic heterocycles. The van der Waals surface area contributed by atoms with Crippen LogP contribution in [0.2, 0.25) is 0 Å². The number of aromatic nitrogens is 1. The van der Waals surface area contributed by atoms with Crippen molar-refractivity contribution in [1.29, 1.82) is 0 Å². The van der Waals surface area contributed by atoms with Crippen molar-refractivity contribution in [2.75, 3.05) is 19.6 Å². The molecular weight excluding hydrogens is 294 g/mol. The third-order valence-electron chi connectivity index (χ3n) is 5.39. The Hall–Kier alpha value is -1.71. The van der Waals surface area contributed by atoms with Gasteiger partial charge >= 0.3 is 0 Å². The second-order valence-corrected chi connectivity index (χ2v) is 7.18. The first kappa shape index (κ1) is 15.8. The van der Waals surface area contributed by atoms with Gasteiger partial charge in [-0.25, -0.2) is 0 Å². The van der Waals surface area contributed by atoms with Crippen LogP contribution in [-0.2, 0) is 26.1 Å². The zero-order valence-electron chi connectivity index (χ0n) is 14.5. The lowest BCUT2D eigenvalue weighted by atomic mass is 9.97. The Morgan fingerprint density at radius 1 is 0.833 bits per heavy atom. The van der Waals surface area contributed by atoms with E-state index < -0.39 is 0 Å². The van der Waals surface area contributed by atoms with Gasteiger partial charge in [0.25, 0.3) is 0 Å². The number of nitrogens with zero attached hydrogens (tertiary/aromatic N) is 3. The topological polar surface area (TPSA) is 19.4 Å². The van der Waals surface area contributed by atoms with E-state index in [2.05, 4.69) is 46.2 Å². The van der Waals surface area contributed by atoms with Crippen LogP contribution in [0.3, 0.4) is 0 Å². The standard InChI is InChI=1S/C21H27N3/c1-3-7-18(8-4-1)15-24-14-10-20-19(16-24)9-11-22-21(20)17-23-12-5-2-6-13-23/h1,3-4,7-9,11H,2,5-6,10,12-17H2. The molecule has 2 aromatic rings. The highest BCUT2D eigenvalue weighted by atomic mass is 15.1. The van der Waals surface area contributed by atoms with Crippen LogP contribution in [0.1, 0.15) is 41.6 Å². The van der Waals surface area contributed by atoms with Crippen molar-refractivity contribution >= 4 is 0 Å². The summed E-state index contributed by atoms with van der Waals surface area (Å²) in [7, 11) is 0. The molecule has 24 heavy (non-hydrogen) atoms. The van der Waals surface area contributed by atoms with Crippen molar-refractivity contribution in [3.05, 3.63) is 65.0 Å². The SMILES string of the molecule is c1ccc(CN2CCc3c(ccnc3CN3CCCCC3)C2)cc1. The van der Waals surface area contributed by atoms with Gasteiger partial charge in [0.2, 0.25) is 0 Å². The van der Waals surface area contributed by atoms with Gasteiger partial charge in [0.15, 0.2) is 0 Å². The van der Waals surface area contributed by atoms with Gasteiger partial charge in [-0.3, -0.25) is 14.8 Å². The predicted molar refractivity (Wildman–Crippen MR) is 97.6 cm³/mol. The van der Waals surface area contributed by atoms with E-state index in [0.717, 1.165) is 32.6 Å². The lowest BCUT2D eigenvalue weighted by Gasteiger charge is -2.31. The van der Waals surface area contributed by atoms with Crippen molar-refractivity contribution in [2.24, 2.45) is 0 Å². The first-order valence-electron chi connectivity index (χ1n) is 9.33. The normalized spacial score (nSPS) is 19.2. The summed E-state index contributed by atoms with van der Waals surface area (Å²) in [5.41, 5.74) is 5.74. The molecule has 2 aliphatic rings. The Morgan fingerprint density at radius 3 is 2.50 bits per heavy atom. The van der Waals surface area contributed by atoms with E-state index in [1.807, 2.05) is 6.20 Å². The number of hydrogen-bond acceptors (Lipinski definition) is 3. The molecule has 126 valence electrons. The monoisotopic (exact) mass is 321 g/mol. The summed E-state index contributed by atoms with van der Waals surface area (Å²) in [5.74, 6) is 0. The van der Waals surface area contributed by atoms with E-state index in [1.54, 1.807) is 0 Å². The zero-order chi connectivity index (χ0) is 16.2. The Kier molecular flexibility index (Phi) is 4.91. The molecule has 0 spiro atoms. The van der Waals surface area contributed by atoms with Crippen molar-refractivity contribution in [3.8, 4) is 0 Å². The Morgan fingerprint density at radius 2 is 1.67 bits per heavy atom. The molecule has 3 nitrogen and oxygen atoms in total. The number of hydrogen-bond donors (Lipinski definition) is 0. The molecule has 0 atom stereocenters. The first-order chi connectivity index (χ1) is 11.9. The number of likely N-dealkylation sites (tertiary alicyclic amines) is 1. The minimum atomic E-state index is 1.04. The molecule has 1 aromatic carbocycles. The summed E-state index contributed by atoms with van der Waals surface area (Å²) in [6.07, 6.45) is 7.24. The van der Waals surface area contributed by atoms with Crippen LogP contribution in [0, 0.1) is 0 Å². The van der Waals surface area contributed by atoms with E-state index >= 15 is 0 Å². The van der Waals surface area contributed by atoms with E-state index in [9.17, 15) is 0 Å². The summed E-state index contributed by atoms with van der Waals surface area (Å²) in [5, 5.41) is 0. The number of piperidine rings is 1. The molecule has 0 N–H and O–H groups in total. The van der Waals surface area contributed by atoms with E-state index in [1.165, 1.54) is 54.7 Å². The summed E-state index contributed by atoms with van der Waals surface area (Å²) in [6.45, 7) is 6.77. The Balaban J connectivity index is 1.45. The van der Waals surface area contributed by atoms with Crippen LogP contribution in [0.15, 0.2) is 42.6 Å². The predicted octanol–water partition coefficient (Wildman–Crippen LogP) is 3.63. The van der Waals surface area contributed by atoms with E-state index in [0.29, 0.717) is 0 Å². The minimum Gasteiger partial charge on any atom is -0.298 e. The van der Waals surface area contributed by atoms with Crippen molar-refractivity contribution in [1.82, 2.24) is 14.8 Å². The van der Waals surface area contributed by atoms with Crippen molar-refractivity contribution in [2.45, 2.75) is 45.3 Å². The van der Waals surface area contributed by atoms with Crippen LogP contribution in [0.5, 0.6) is 0 Å². The molecule has 0 amide bonds. The average Bonchev–Trinajstić information content (AvgIpc) is 2.63. The van der Waals surface area contributed by atoms with E-state index in [-0.39, 0.29) is 0 Å². The molecule has 4 rings (SSSR count). The molecule has 2 aliphatic heterocycles. The van der Waals surface area contributed by atoms with Crippen LogP contribution in [0.4, 0.5) is 0 Å². The van der Waals surface area contributed by atoms with Gasteiger partial charge in [-0.1, -0.05) is 36.8 Å². The van der Waals surface area contributed by atoms with Gasteiger partial charge < -0.3 is 0 Å². The van der Waals surface area contributed by atoms with Gasteiger partial charge in [-0.15, -0.1) is 0 Å². The van der Waals surface area contributed by atoms with Crippen LogP contribution < -0.4 is 0 Å². The highest BCUT2D eigenvalue weighted by molar-refractivity contribution is 5.32. The fourth-order valence-electron chi connectivity index (χ4n) is 4.07. The zero-order valence-corrected chi connectivity index (χ0v) is 14.5. The molecule has 3 heteroatoms. The molecule has 0 unspecified atom stereocenters. The molecule has 0 aliphatic carbocycles. The summed E-state index contributed by atoms with van der Waals surface area (Å²) >= 11 is 0. The van der Waals surface area contributed by atoms with Crippen LogP contribution in [0.25, 0.3) is 0 Å². The average molecular weight is 321 g/mol. The highest BCUT2D eigenvalue weighted by Crippen LogP contribution is 2.24. The number of fused-ring (bicyclic) bond motifs is 1. The number of benzene rings is 1. The quantitative estimate of drug-likeness (QED) is 0.857. The molecule has 0 radical (unpaired) electrons. The molecule has 3 heterocycles. The molecule has 0 bridgehead atoms. The van der Waals surface area contributed by atoms with Crippen molar-refractivity contribution in [3.63, 3.8) is 0 Å². The van der Waals surface area contributed by atoms with Crippen LogP contribution >= 0.6 is 0 Å². The molecule has 0 saturated carbocycles. The minimum absolute atomic E-state index is 1.04. The molecular formula is C21H27N3. The number of rotatable bonds is 4. The second-order valence-electron chi connectivity index (χ2n) is 7.18. The third kappa shape index (κ3) is 3.68. The Bertz CT molecular complexity index is 662. The third-order valence-corrected chi connectivity index (χ3v) is 5.39. The molecule has 1 fully saturated rings. The van der Waals surface area contributed by atoms with Gasteiger partial charge in [-0.2, -0.15) is 0 Å². The maximum Gasteiger partial charge on any atom is 0.0579 e. The van der Waals surface area contributed by atoms with Gasteiger partial charge in [0.1, 0.15) is 0 Å². The smallest absolute Gasteiger partial charge is 0.0579 e. The molecule has 1 saturated heterocycles. The number of pyridine rings is 1. The van der Waals surface area contributed by atoms with Gasteiger partial charge in [-0.05, 0) is 55.1 Å². The lowest BCUT2D eigenvalue weighted by Crippen LogP contribution is -2.33. The second kappa shape index (κ2) is 7.45. The van der Waals surface area contributed by atoms with Gasteiger partial charge in [0, 0.05) is 32.4 Å². The summed E-state index contributed by atoms with van der Waals surface area (Å²) < 4.78 is 0. The van der Waals surface area contributed by atoms with E-state index in [4.69, 9.17) is 4.98 Å². The maximum absolute atomic E-state index is 4.73. The van der Waals surface area contributed by atoms with Crippen LogP contribution in [-0.4, -0.2) is 34.4 Å². The van der Waals surface area contributed by atoms with Crippen molar-refractivity contribution < 1.29 is 0 Å². The Labute approximate surface area is 145 Å². The lowest BCUT2D eigenvalue weighted by molar-refractivity contribution is 0.214. The summed E-state index contributed by atoms with van der Waals surface area (Å²) in [4.78, 5) is 9.88. The fraction of sp³-hybridized carbons (Fsp3) is 0.476. The highest BCUT2D eigenvalue weighted by Gasteiger charge is 2.21.